The first kappa shape index (κ1) is 10.0. The zero-order chi connectivity index (χ0) is 10.7. The molecule has 0 saturated heterocycles. The molecule has 0 unspecified atom stereocenters. The molecule has 0 saturated carbocycles. The summed E-state index contributed by atoms with van der Waals surface area (Å²) < 4.78 is 4.69. The largest absolute Gasteiger partial charge is 0.351 e. The van der Waals surface area contributed by atoms with E-state index >= 15 is 0 Å². The van der Waals surface area contributed by atoms with Crippen molar-refractivity contribution in [3.8, 4) is 0 Å². The minimum Gasteiger partial charge on any atom is -0.351 e. The van der Waals surface area contributed by atoms with Gasteiger partial charge in [-0.15, -0.1) is 11.8 Å². The summed E-state index contributed by atoms with van der Waals surface area (Å²) in [5.41, 5.74) is 6.58. The second kappa shape index (κ2) is 4.35. The minimum absolute atomic E-state index is 0.121. The number of rotatable bonds is 3. The van der Waals surface area contributed by atoms with Gasteiger partial charge in [0.25, 0.3) is 0 Å². The van der Waals surface area contributed by atoms with E-state index in [0.29, 0.717) is 11.6 Å². The Bertz CT molecular complexity index is 455. The Hall–Kier alpha value is -1.49. The molecule has 4 nitrogen and oxygen atoms in total. The molecule has 0 aliphatic heterocycles. The van der Waals surface area contributed by atoms with Crippen LogP contribution in [0, 0.1) is 6.92 Å². The smallest absolute Gasteiger partial charge is 0.318 e. The summed E-state index contributed by atoms with van der Waals surface area (Å²) in [5, 5.41) is 3.73. The molecule has 1 aromatic carbocycles. The maximum Gasteiger partial charge on any atom is 0.318 e. The number of nitrogens with zero attached hydrogens (tertiary/aromatic N) is 2. The number of hydrogen-bond donors (Lipinski definition) is 1. The molecule has 0 amide bonds. The van der Waals surface area contributed by atoms with Gasteiger partial charge in [-0.3, -0.25) is 0 Å². The van der Waals surface area contributed by atoms with Crippen LogP contribution in [-0.4, -0.2) is 10.1 Å². The van der Waals surface area contributed by atoms with Crippen LogP contribution in [0.1, 0.15) is 11.4 Å². The number of nitrogen functional groups attached to an aromatic ring is 1. The fourth-order valence-corrected chi connectivity index (χ4v) is 2.06. The molecular weight excluding hydrogens is 210 g/mol. The molecule has 2 N–H and O–H groups in total. The molecule has 0 aliphatic carbocycles. The summed E-state index contributed by atoms with van der Waals surface area (Å²) in [5.74, 6) is 1.30. The van der Waals surface area contributed by atoms with E-state index in [-0.39, 0.29) is 6.01 Å². The lowest BCUT2D eigenvalue weighted by molar-refractivity contribution is 0.429. The van der Waals surface area contributed by atoms with Gasteiger partial charge in [0.15, 0.2) is 5.82 Å². The van der Waals surface area contributed by atoms with Crippen LogP contribution in [0.5, 0.6) is 0 Å². The van der Waals surface area contributed by atoms with Gasteiger partial charge < -0.3 is 10.3 Å². The summed E-state index contributed by atoms with van der Waals surface area (Å²) in [7, 11) is 0. The lowest BCUT2D eigenvalue weighted by Crippen LogP contribution is -1.87. The van der Waals surface area contributed by atoms with Crippen LogP contribution < -0.4 is 5.73 Å². The van der Waals surface area contributed by atoms with Crippen molar-refractivity contribution in [3.05, 3.63) is 35.7 Å². The molecule has 0 aliphatic rings. The van der Waals surface area contributed by atoms with Gasteiger partial charge in [-0.1, -0.05) is 23.4 Å². The molecule has 1 aromatic heterocycles. The molecule has 0 fully saturated rings. The fourth-order valence-electron chi connectivity index (χ4n) is 1.19. The number of aromatic nitrogens is 2. The Kier molecular flexibility index (Phi) is 2.91. The molecule has 0 radical (unpaired) electrons. The Morgan fingerprint density at radius 2 is 2.20 bits per heavy atom. The minimum atomic E-state index is 0.121. The van der Waals surface area contributed by atoms with E-state index in [4.69, 9.17) is 5.73 Å². The van der Waals surface area contributed by atoms with Crippen molar-refractivity contribution in [1.82, 2.24) is 10.1 Å². The molecule has 1 heterocycles. The molecular formula is C10H11N3OS. The lowest BCUT2D eigenvalue weighted by Gasteiger charge is -2.01. The lowest BCUT2D eigenvalue weighted by atomic mass is 10.2. The predicted molar refractivity (Wildman–Crippen MR) is 59.5 cm³/mol. The van der Waals surface area contributed by atoms with Crippen LogP contribution in [0.2, 0.25) is 0 Å². The quantitative estimate of drug-likeness (QED) is 0.805. The molecule has 0 spiro atoms. The zero-order valence-electron chi connectivity index (χ0n) is 8.30. The third-order valence-electron chi connectivity index (χ3n) is 1.93. The highest BCUT2D eigenvalue weighted by molar-refractivity contribution is 7.98. The molecule has 2 aromatic rings. The Labute approximate surface area is 91.9 Å². The van der Waals surface area contributed by atoms with E-state index in [0.717, 1.165) is 0 Å². The maximum absolute atomic E-state index is 5.33. The van der Waals surface area contributed by atoms with Crippen LogP contribution in [0.3, 0.4) is 0 Å². The molecule has 5 heteroatoms. The Morgan fingerprint density at radius 3 is 2.87 bits per heavy atom. The fraction of sp³-hybridized carbons (Fsp3) is 0.200. The highest BCUT2D eigenvalue weighted by Gasteiger charge is 2.04. The van der Waals surface area contributed by atoms with E-state index in [2.05, 4.69) is 33.7 Å². The van der Waals surface area contributed by atoms with Crippen LogP contribution in [-0.2, 0) is 5.75 Å². The van der Waals surface area contributed by atoms with Crippen molar-refractivity contribution in [2.45, 2.75) is 17.6 Å². The van der Waals surface area contributed by atoms with Gasteiger partial charge in [-0.05, 0) is 18.6 Å². The highest BCUT2D eigenvalue weighted by atomic mass is 32.2. The second-order valence-electron chi connectivity index (χ2n) is 3.10. The maximum atomic E-state index is 5.33. The van der Waals surface area contributed by atoms with Crippen molar-refractivity contribution >= 4 is 17.8 Å². The van der Waals surface area contributed by atoms with Gasteiger partial charge in [0, 0.05) is 4.90 Å². The Balaban J connectivity index is 2.02. The van der Waals surface area contributed by atoms with Crippen LogP contribution in [0.15, 0.2) is 33.7 Å². The first-order chi connectivity index (χ1) is 7.25. The zero-order valence-corrected chi connectivity index (χ0v) is 9.12. The van der Waals surface area contributed by atoms with Crippen LogP contribution in [0.25, 0.3) is 0 Å². The summed E-state index contributed by atoms with van der Waals surface area (Å²) in [6.07, 6.45) is 0. The predicted octanol–water partition coefficient (Wildman–Crippen LogP) is 2.25. The van der Waals surface area contributed by atoms with Crippen molar-refractivity contribution < 1.29 is 4.52 Å². The monoisotopic (exact) mass is 221 g/mol. The summed E-state index contributed by atoms with van der Waals surface area (Å²) in [6, 6.07) is 8.30. The molecule has 0 bridgehead atoms. The first-order valence-electron chi connectivity index (χ1n) is 4.52. The number of anilines is 1. The SMILES string of the molecule is Cc1ccccc1SCc1noc(N)n1. The molecule has 2 rings (SSSR count). The van der Waals surface area contributed by atoms with E-state index in [1.165, 1.54) is 10.5 Å². The van der Waals surface area contributed by atoms with Crippen LogP contribution >= 0.6 is 11.8 Å². The van der Waals surface area contributed by atoms with E-state index in [1.54, 1.807) is 11.8 Å². The van der Waals surface area contributed by atoms with Gasteiger partial charge in [0.1, 0.15) is 0 Å². The van der Waals surface area contributed by atoms with Gasteiger partial charge in [0.05, 0.1) is 5.75 Å². The molecule has 78 valence electrons. The van der Waals surface area contributed by atoms with Gasteiger partial charge >= 0.3 is 6.01 Å². The van der Waals surface area contributed by atoms with E-state index in [9.17, 15) is 0 Å². The topological polar surface area (TPSA) is 64.9 Å². The molecule has 15 heavy (non-hydrogen) atoms. The highest BCUT2D eigenvalue weighted by Crippen LogP contribution is 2.24. The normalized spacial score (nSPS) is 10.5. The van der Waals surface area contributed by atoms with Crippen molar-refractivity contribution in [2.75, 3.05) is 5.73 Å². The van der Waals surface area contributed by atoms with Gasteiger partial charge in [0.2, 0.25) is 0 Å². The number of nitrogens with two attached hydrogens (primary N) is 1. The summed E-state index contributed by atoms with van der Waals surface area (Å²) in [6.45, 7) is 2.08. The molecule has 0 atom stereocenters. The van der Waals surface area contributed by atoms with Crippen molar-refractivity contribution in [1.29, 1.82) is 0 Å². The standard InChI is InChI=1S/C10H11N3OS/c1-7-4-2-3-5-8(7)15-6-9-12-10(11)14-13-9/h2-5H,6H2,1H3,(H2,11,12,13). The van der Waals surface area contributed by atoms with Crippen LogP contribution in [0.4, 0.5) is 6.01 Å². The number of hydrogen-bond acceptors (Lipinski definition) is 5. The average molecular weight is 221 g/mol. The number of aryl methyl sites for hydroxylation is 1. The second-order valence-corrected chi connectivity index (χ2v) is 4.12. The van der Waals surface area contributed by atoms with Crippen molar-refractivity contribution in [3.63, 3.8) is 0 Å². The number of thioether (sulfide) groups is 1. The third-order valence-corrected chi connectivity index (χ3v) is 3.11. The van der Waals surface area contributed by atoms with E-state index in [1.807, 2.05) is 12.1 Å². The summed E-state index contributed by atoms with van der Waals surface area (Å²) >= 11 is 1.67. The van der Waals surface area contributed by atoms with E-state index < -0.39 is 0 Å². The Morgan fingerprint density at radius 1 is 1.40 bits per heavy atom. The third kappa shape index (κ3) is 2.50. The van der Waals surface area contributed by atoms with Gasteiger partial charge in [-0.25, -0.2) is 0 Å². The number of benzene rings is 1. The van der Waals surface area contributed by atoms with Crippen molar-refractivity contribution in [2.24, 2.45) is 0 Å². The van der Waals surface area contributed by atoms with Gasteiger partial charge in [-0.2, -0.15) is 4.98 Å². The summed E-state index contributed by atoms with van der Waals surface area (Å²) in [4.78, 5) is 5.16. The first-order valence-corrected chi connectivity index (χ1v) is 5.51. The average Bonchev–Trinajstić information content (AvgIpc) is 2.63.